The van der Waals surface area contributed by atoms with Crippen molar-refractivity contribution in [2.45, 2.75) is 45.4 Å². The van der Waals surface area contributed by atoms with E-state index >= 15 is 0 Å². The molecule has 30 heavy (non-hydrogen) atoms. The van der Waals surface area contributed by atoms with E-state index in [-0.39, 0.29) is 25.3 Å². The number of nitrogens with two attached hydrogens (primary N) is 1. The predicted molar refractivity (Wildman–Crippen MR) is 111 cm³/mol. The van der Waals surface area contributed by atoms with Crippen molar-refractivity contribution in [3.8, 4) is 5.75 Å². The second-order valence-corrected chi connectivity index (χ2v) is 7.21. The summed E-state index contributed by atoms with van der Waals surface area (Å²) in [5.41, 5.74) is 9.01. The third-order valence-corrected chi connectivity index (χ3v) is 5.33. The molecular weight excluding hydrogens is 384 g/mol. The predicted octanol–water partition coefficient (Wildman–Crippen LogP) is 2.59. The Morgan fingerprint density at radius 2 is 1.83 bits per heavy atom. The summed E-state index contributed by atoms with van der Waals surface area (Å²) < 4.78 is 10.6. The van der Waals surface area contributed by atoms with E-state index in [2.05, 4.69) is 23.8 Å². The van der Waals surface area contributed by atoms with Gasteiger partial charge in [-0.25, -0.2) is 0 Å². The van der Waals surface area contributed by atoms with Crippen molar-refractivity contribution in [2.24, 2.45) is 5.73 Å². The largest absolute Gasteiger partial charge is 0.489 e. The van der Waals surface area contributed by atoms with Gasteiger partial charge >= 0.3 is 5.97 Å². The van der Waals surface area contributed by atoms with Crippen LogP contribution in [0.3, 0.4) is 0 Å². The quantitative estimate of drug-likeness (QED) is 0.641. The number of nitrogens with zero attached hydrogens (tertiary/aromatic N) is 1. The van der Waals surface area contributed by atoms with Gasteiger partial charge in [0.25, 0.3) is 5.91 Å². The van der Waals surface area contributed by atoms with Crippen LogP contribution in [-0.2, 0) is 33.9 Å². The number of rotatable bonds is 9. The highest BCUT2D eigenvalue weighted by Gasteiger charge is 2.37. The van der Waals surface area contributed by atoms with Gasteiger partial charge in [-0.1, -0.05) is 37.3 Å². The van der Waals surface area contributed by atoms with Crippen LogP contribution in [0.1, 0.15) is 46.8 Å². The Bertz CT molecular complexity index is 939. The summed E-state index contributed by atoms with van der Waals surface area (Å²) in [4.78, 5) is 37.7. The first-order valence-electron chi connectivity index (χ1n) is 9.94. The molecule has 0 unspecified atom stereocenters. The van der Waals surface area contributed by atoms with E-state index in [1.54, 1.807) is 12.1 Å². The lowest BCUT2D eigenvalue weighted by Gasteiger charge is -2.24. The van der Waals surface area contributed by atoms with Crippen LogP contribution in [-0.4, -0.2) is 35.8 Å². The van der Waals surface area contributed by atoms with E-state index in [1.807, 2.05) is 18.2 Å². The van der Waals surface area contributed by atoms with Crippen LogP contribution in [0.5, 0.6) is 5.75 Å². The minimum absolute atomic E-state index is 0.00133. The molecule has 1 heterocycles. The molecule has 3 rings (SSSR count). The molecule has 2 aromatic carbocycles. The van der Waals surface area contributed by atoms with Gasteiger partial charge in [-0.05, 0) is 36.1 Å². The van der Waals surface area contributed by atoms with Crippen molar-refractivity contribution in [1.82, 2.24) is 4.90 Å². The molecule has 1 aliphatic rings. The van der Waals surface area contributed by atoms with Crippen molar-refractivity contribution < 1.29 is 23.9 Å². The van der Waals surface area contributed by atoms with Crippen molar-refractivity contribution in [2.75, 3.05) is 7.11 Å². The number of esters is 1. The van der Waals surface area contributed by atoms with E-state index < -0.39 is 17.9 Å². The fourth-order valence-corrected chi connectivity index (χ4v) is 3.55. The van der Waals surface area contributed by atoms with Crippen LogP contribution < -0.4 is 10.5 Å². The summed E-state index contributed by atoms with van der Waals surface area (Å²) in [5, 5.41) is 0. The number of hydrogen-bond donors (Lipinski definition) is 1. The minimum Gasteiger partial charge on any atom is -0.489 e. The molecular formula is C23H26N2O5. The summed E-state index contributed by atoms with van der Waals surface area (Å²) in [6.07, 6.45) is 1.09. The molecule has 0 aromatic heterocycles. The van der Waals surface area contributed by atoms with Gasteiger partial charge in [-0.15, -0.1) is 0 Å². The third kappa shape index (κ3) is 4.62. The van der Waals surface area contributed by atoms with E-state index in [1.165, 1.54) is 17.6 Å². The lowest BCUT2D eigenvalue weighted by Crippen LogP contribution is -2.45. The second kappa shape index (κ2) is 9.43. The van der Waals surface area contributed by atoms with Crippen LogP contribution in [0, 0.1) is 0 Å². The first-order valence-corrected chi connectivity index (χ1v) is 9.94. The number of benzene rings is 2. The number of fused-ring (bicyclic) bond motifs is 1. The monoisotopic (exact) mass is 410 g/mol. The highest BCUT2D eigenvalue weighted by Crippen LogP contribution is 2.33. The maximum atomic E-state index is 12.9. The summed E-state index contributed by atoms with van der Waals surface area (Å²) in [6.45, 7) is 2.68. The topological polar surface area (TPSA) is 98.9 Å². The third-order valence-electron chi connectivity index (χ3n) is 5.33. The van der Waals surface area contributed by atoms with Crippen LogP contribution in [0.25, 0.3) is 0 Å². The van der Waals surface area contributed by atoms with Gasteiger partial charge in [0.2, 0.25) is 5.91 Å². The fourth-order valence-electron chi connectivity index (χ4n) is 3.55. The minimum atomic E-state index is -0.890. The Morgan fingerprint density at radius 3 is 2.47 bits per heavy atom. The number of methoxy groups -OCH3 is 1. The maximum absolute atomic E-state index is 12.9. The van der Waals surface area contributed by atoms with Gasteiger partial charge in [-0.3, -0.25) is 14.4 Å². The molecule has 1 aliphatic heterocycles. The molecule has 1 atom stereocenters. The highest BCUT2D eigenvalue weighted by atomic mass is 16.5. The van der Waals surface area contributed by atoms with Crippen LogP contribution in [0.4, 0.5) is 0 Å². The van der Waals surface area contributed by atoms with Gasteiger partial charge in [0.1, 0.15) is 18.4 Å². The summed E-state index contributed by atoms with van der Waals surface area (Å²) in [7, 11) is 1.28. The number of carbonyl (C=O) groups is 3. The zero-order valence-electron chi connectivity index (χ0n) is 17.2. The average Bonchev–Trinajstić information content (AvgIpc) is 3.09. The number of hydrogen-bond acceptors (Lipinski definition) is 5. The van der Waals surface area contributed by atoms with E-state index in [9.17, 15) is 14.4 Å². The Balaban J connectivity index is 1.75. The summed E-state index contributed by atoms with van der Waals surface area (Å²) in [5.74, 6) is -0.808. The molecule has 7 nitrogen and oxygen atoms in total. The fraction of sp³-hybridized carbons (Fsp3) is 0.348. The molecule has 7 heteroatoms. The molecule has 158 valence electrons. The molecule has 0 spiro atoms. The molecule has 0 radical (unpaired) electrons. The van der Waals surface area contributed by atoms with E-state index in [0.717, 1.165) is 17.5 Å². The summed E-state index contributed by atoms with van der Waals surface area (Å²) >= 11 is 0. The second-order valence-electron chi connectivity index (χ2n) is 7.21. The standard InChI is InChI=1S/C23H26N2O5/c1-3-15-7-9-16(10-8-15)14-30-20-6-4-5-17-18(20)13-25(23(17)28)19(22(24)27)11-12-21(26)29-2/h4-10,19H,3,11-14H2,1-2H3,(H2,24,27)/t19-/m0/s1. The van der Waals surface area contributed by atoms with E-state index in [0.29, 0.717) is 17.9 Å². The van der Waals surface area contributed by atoms with Crippen LogP contribution >= 0.6 is 0 Å². The smallest absolute Gasteiger partial charge is 0.305 e. The van der Waals surface area contributed by atoms with Gasteiger partial charge in [0, 0.05) is 17.5 Å². The molecule has 0 saturated heterocycles. The van der Waals surface area contributed by atoms with Crippen LogP contribution in [0.2, 0.25) is 0 Å². The summed E-state index contributed by atoms with van der Waals surface area (Å²) in [6, 6.07) is 12.6. The highest BCUT2D eigenvalue weighted by molar-refractivity contribution is 6.01. The Kier molecular flexibility index (Phi) is 6.72. The SMILES string of the molecule is CCc1ccc(COc2cccc3c2CN([C@@H](CCC(=O)OC)C(N)=O)C3=O)cc1. The zero-order chi connectivity index (χ0) is 21.7. The molecule has 0 fully saturated rings. The maximum Gasteiger partial charge on any atom is 0.305 e. The molecule has 0 bridgehead atoms. The lowest BCUT2D eigenvalue weighted by molar-refractivity contribution is -0.141. The number of aryl methyl sites for hydroxylation is 1. The van der Waals surface area contributed by atoms with E-state index in [4.69, 9.17) is 10.5 Å². The zero-order valence-corrected chi connectivity index (χ0v) is 17.2. The first kappa shape index (κ1) is 21.4. The molecule has 2 N–H and O–H groups in total. The molecule has 2 aromatic rings. The van der Waals surface area contributed by atoms with Gasteiger partial charge in [0.15, 0.2) is 0 Å². The first-order chi connectivity index (χ1) is 14.4. The van der Waals surface area contributed by atoms with Gasteiger partial charge in [0.05, 0.1) is 13.7 Å². The van der Waals surface area contributed by atoms with Crippen molar-refractivity contribution in [3.63, 3.8) is 0 Å². The van der Waals surface area contributed by atoms with Gasteiger partial charge in [-0.2, -0.15) is 0 Å². The Morgan fingerprint density at radius 1 is 1.13 bits per heavy atom. The number of primary amides is 1. The number of amides is 2. The van der Waals surface area contributed by atoms with Crippen molar-refractivity contribution in [1.29, 1.82) is 0 Å². The Labute approximate surface area is 175 Å². The van der Waals surface area contributed by atoms with Gasteiger partial charge < -0.3 is 20.1 Å². The van der Waals surface area contributed by atoms with Crippen molar-refractivity contribution >= 4 is 17.8 Å². The number of ether oxygens (including phenoxy) is 2. The average molecular weight is 410 g/mol. The normalized spacial score (nSPS) is 13.7. The molecule has 0 saturated carbocycles. The molecule has 0 aliphatic carbocycles. The Hall–Kier alpha value is -3.35. The molecule has 2 amide bonds. The van der Waals surface area contributed by atoms with Crippen molar-refractivity contribution in [3.05, 3.63) is 64.7 Å². The lowest BCUT2D eigenvalue weighted by atomic mass is 10.1. The number of carbonyl (C=O) groups excluding carboxylic acids is 3. The van der Waals surface area contributed by atoms with Crippen LogP contribution in [0.15, 0.2) is 42.5 Å².